The minimum atomic E-state index is -0.470. The maximum atomic E-state index is 12.5. The van der Waals surface area contributed by atoms with Gasteiger partial charge in [0.25, 0.3) is 11.6 Å². The molecule has 33 heavy (non-hydrogen) atoms. The molecule has 0 spiro atoms. The molecule has 1 amide bonds. The Morgan fingerprint density at radius 1 is 1.21 bits per heavy atom. The van der Waals surface area contributed by atoms with Crippen molar-refractivity contribution in [2.75, 3.05) is 0 Å². The standard InChI is InChI=1S/C23H21N5O4S/c1-2-3-8-20-26-27-21(24)18(22(29)25-23(27)33-20)13-15-9-11-17(12-10-15)32-14-16-6-4-5-7-19(16)28(30)31/h4-7,9-13,24H,2-3,8,14H2,1H3. The summed E-state index contributed by atoms with van der Waals surface area (Å²) in [5.74, 6) is 0.0601. The number of amidine groups is 2. The molecule has 0 aromatic heterocycles. The van der Waals surface area contributed by atoms with E-state index in [1.165, 1.54) is 22.8 Å². The number of carbonyl (C=O) groups excluding carboxylic acids is 1. The number of fused-ring (bicyclic) bond motifs is 1. The second kappa shape index (κ2) is 9.78. The third kappa shape index (κ3) is 5.01. The zero-order valence-corrected chi connectivity index (χ0v) is 18.7. The molecule has 0 radical (unpaired) electrons. The maximum absolute atomic E-state index is 12.5. The second-order valence-corrected chi connectivity index (χ2v) is 8.40. The molecular formula is C23H21N5O4S. The Kier molecular flexibility index (Phi) is 6.64. The molecule has 1 N–H and O–H groups in total. The number of carbonyl (C=O) groups is 1. The highest BCUT2D eigenvalue weighted by molar-refractivity contribution is 8.26. The molecule has 2 heterocycles. The lowest BCUT2D eigenvalue weighted by Gasteiger charge is -2.20. The predicted octanol–water partition coefficient (Wildman–Crippen LogP) is 4.98. The number of unbranched alkanes of at least 4 members (excludes halogenated alkanes) is 1. The second-order valence-electron chi connectivity index (χ2n) is 7.36. The van der Waals surface area contributed by atoms with Gasteiger partial charge in [0.05, 0.1) is 16.1 Å². The van der Waals surface area contributed by atoms with Crippen molar-refractivity contribution in [2.45, 2.75) is 32.8 Å². The van der Waals surface area contributed by atoms with Gasteiger partial charge in [-0.15, -0.1) is 0 Å². The van der Waals surface area contributed by atoms with Crippen LogP contribution in [0.5, 0.6) is 5.75 Å². The number of nitro groups is 1. The summed E-state index contributed by atoms with van der Waals surface area (Å²) in [5.41, 5.74) is 1.34. The van der Waals surface area contributed by atoms with E-state index in [0.29, 0.717) is 22.0 Å². The molecule has 0 bridgehead atoms. The van der Waals surface area contributed by atoms with Gasteiger partial charge in [0.1, 0.15) is 17.4 Å². The van der Waals surface area contributed by atoms with Crippen molar-refractivity contribution in [3.63, 3.8) is 0 Å². The highest BCUT2D eigenvalue weighted by atomic mass is 32.2. The number of para-hydroxylation sites is 1. The van der Waals surface area contributed by atoms with Crippen LogP contribution in [0.4, 0.5) is 5.69 Å². The average Bonchev–Trinajstić information content (AvgIpc) is 3.23. The van der Waals surface area contributed by atoms with Gasteiger partial charge in [-0.25, -0.2) is 0 Å². The summed E-state index contributed by atoms with van der Waals surface area (Å²) in [6, 6.07) is 13.3. The quantitative estimate of drug-likeness (QED) is 0.335. The fourth-order valence-corrected chi connectivity index (χ4v) is 4.19. The van der Waals surface area contributed by atoms with Crippen LogP contribution in [0.25, 0.3) is 6.08 Å². The van der Waals surface area contributed by atoms with E-state index in [4.69, 9.17) is 10.1 Å². The van der Waals surface area contributed by atoms with E-state index in [1.807, 2.05) is 0 Å². The van der Waals surface area contributed by atoms with Crippen molar-refractivity contribution < 1.29 is 14.5 Å². The van der Waals surface area contributed by atoms with Crippen LogP contribution in [-0.2, 0) is 11.4 Å². The summed E-state index contributed by atoms with van der Waals surface area (Å²) in [4.78, 5) is 27.3. The first-order valence-corrected chi connectivity index (χ1v) is 11.2. The van der Waals surface area contributed by atoms with E-state index in [9.17, 15) is 14.9 Å². The third-order valence-electron chi connectivity index (χ3n) is 5.01. The Hall–Kier alpha value is -3.79. The van der Waals surface area contributed by atoms with E-state index in [-0.39, 0.29) is 23.7 Å². The van der Waals surface area contributed by atoms with Crippen molar-refractivity contribution in [3.8, 4) is 5.75 Å². The van der Waals surface area contributed by atoms with Crippen LogP contribution >= 0.6 is 11.8 Å². The summed E-state index contributed by atoms with van der Waals surface area (Å²) in [7, 11) is 0. The number of amides is 1. The van der Waals surface area contributed by atoms with Gasteiger partial charge < -0.3 is 4.74 Å². The number of hydrogen-bond acceptors (Lipinski definition) is 7. The summed E-state index contributed by atoms with van der Waals surface area (Å²) < 4.78 is 5.69. The number of thioether (sulfide) groups is 1. The lowest BCUT2D eigenvalue weighted by molar-refractivity contribution is -0.385. The Balaban J connectivity index is 1.46. The molecule has 0 aliphatic carbocycles. The van der Waals surface area contributed by atoms with Gasteiger partial charge in [-0.1, -0.05) is 37.6 Å². The normalized spacial score (nSPS) is 16.5. The van der Waals surface area contributed by atoms with Crippen LogP contribution < -0.4 is 4.74 Å². The van der Waals surface area contributed by atoms with Crippen molar-refractivity contribution in [1.29, 1.82) is 5.41 Å². The lowest BCUT2D eigenvalue weighted by atomic mass is 10.1. The van der Waals surface area contributed by atoms with Crippen molar-refractivity contribution in [1.82, 2.24) is 5.01 Å². The van der Waals surface area contributed by atoms with Gasteiger partial charge in [-0.3, -0.25) is 20.3 Å². The minimum Gasteiger partial charge on any atom is -0.489 e. The number of hydrazone groups is 1. The summed E-state index contributed by atoms with van der Waals surface area (Å²) in [6.45, 7) is 2.16. The van der Waals surface area contributed by atoms with E-state index >= 15 is 0 Å². The number of aliphatic imine (C=N–C) groups is 1. The largest absolute Gasteiger partial charge is 0.489 e. The van der Waals surface area contributed by atoms with Gasteiger partial charge in [-0.05, 0) is 54.4 Å². The molecule has 0 unspecified atom stereocenters. The molecule has 0 fully saturated rings. The number of nitrogens with one attached hydrogen (secondary N) is 1. The number of rotatable bonds is 8. The van der Waals surface area contributed by atoms with Crippen LogP contribution in [0, 0.1) is 15.5 Å². The Morgan fingerprint density at radius 2 is 1.97 bits per heavy atom. The molecule has 2 aromatic carbocycles. The Bertz CT molecular complexity index is 1200. The highest BCUT2D eigenvalue weighted by Crippen LogP contribution is 2.30. The van der Waals surface area contributed by atoms with E-state index in [0.717, 1.165) is 24.3 Å². The van der Waals surface area contributed by atoms with Crippen LogP contribution in [0.2, 0.25) is 0 Å². The predicted molar refractivity (Wildman–Crippen MR) is 128 cm³/mol. The first-order valence-electron chi connectivity index (χ1n) is 10.4. The smallest absolute Gasteiger partial charge is 0.283 e. The number of nitro benzene ring substituents is 1. The maximum Gasteiger partial charge on any atom is 0.283 e. The van der Waals surface area contributed by atoms with Gasteiger partial charge in [0.2, 0.25) is 5.17 Å². The first kappa shape index (κ1) is 22.4. The highest BCUT2D eigenvalue weighted by Gasteiger charge is 2.35. The third-order valence-corrected chi connectivity index (χ3v) is 5.98. The minimum absolute atomic E-state index is 0.000659. The van der Waals surface area contributed by atoms with Crippen molar-refractivity contribution >= 4 is 45.5 Å². The lowest BCUT2D eigenvalue weighted by Crippen LogP contribution is -2.35. The number of benzene rings is 2. The summed E-state index contributed by atoms with van der Waals surface area (Å²) in [5, 5.41) is 26.7. The molecular weight excluding hydrogens is 442 g/mol. The number of hydrogen-bond donors (Lipinski definition) is 1. The molecule has 2 aromatic rings. The zero-order valence-electron chi connectivity index (χ0n) is 17.9. The van der Waals surface area contributed by atoms with Crippen LogP contribution in [0.1, 0.15) is 37.3 Å². The van der Waals surface area contributed by atoms with Crippen LogP contribution in [0.3, 0.4) is 0 Å². The SMILES string of the molecule is CCCCC1=NN2C(=N)C(=Cc3ccc(OCc4ccccc4[N+](=O)[O-])cc3)C(=O)N=C2S1. The first-order chi connectivity index (χ1) is 16.0. The average molecular weight is 464 g/mol. The molecule has 4 rings (SSSR count). The summed E-state index contributed by atoms with van der Waals surface area (Å²) >= 11 is 1.34. The van der Waals surface area contributed by atoms with E-state index < -0.39 is 10.8 Å². The number of ether oxygens (including phenoxy) is 1. The number of nitrogens with zero attached hydrogens (tertiary/aromatic N) is 4. The molecule has 2 aliphatic heterocycles. The van der Waals surface area contributed by atoms with Gasteiger partial charge in [0, 0.05) is 6.07 Å². The Morgan fingerprint density at radius 3 is 2.70 bits per heavy atom. The topological polar surface area (TPSA) is 121 Å². The van der Waals surface area contributed by atoms with Gasteiger partial charge in [-0.2, -0.15) is 15.1 Å². The monoisotopic (exact) mass is 463 g/mol. The van der Waals surface area contributed by atoms with Gasteiger partial charge >= 0.3 is 0 Å². The molecule has 0 atom stereocenters. The molecule has 2 aliphatic rings. The van der Waals surface area contributed by atoms with E-state index in [2.05, 4.69) is 17.0 Å². The van der Waals surface area contributed by atoms with Crippen LogP contribution in [0.15, 0.2) is 64.2 Å². The molecule has 0 saturated heterocycles. The van der Waals surface area contributed by atoms with Crippen molar-refractivity contribution in [3.05, 3.63) is 75.3 Å². The zero-order chi connectivity index (χ0) is 23.4. The molecule has 10 heteroatoms. The molecule has 0 saturated carbocycles. The fourth-order valence-electron chi connectivity index (χ4n) is 3.26. The molecule has 9 nitrogen and oxygen atoms in total. The van der Waals surface area contributed by atoms with Gasteiger partial charge in [0.15, 0.2) is 5.84 Å². The van der Waals surface area contributed by atoms with Crippen LogP contribution in [-0.4, -0.2) is 31.9 Å². The van der Waals surface area contributed by atoms with E-state index in [1.54, 1.807) is 48.5 Å². The Labute approximate surface area is 194 Å². The molecule has 168 valence electrons. The van der Waals surface area contributed by atoms with Crippen molar-refractivity contribution in [2.24, 2.45) is 10.1 Å². The fraction of sp³-hybridized carbons (Fsp3) is 0.217. The summed E-state index contributed by atoms with van der Waals surface area (Å²) in [6.07, 6.45) is 4.42.